The van der Waals surface area contributed by atoms with Crippen LogP contribution >= 0.6 is 11.8 Å². The van der Waals surface area contributed by atoms with Crippen molar-refractivity contribution < 1.29 is 13.2 Å². The van der Waals surface area contributed by atoms with E-state index in [9.17, 15) is 8.42 Å². The molecule has 1 aromatic carbocycles. The second kappa shape index (κ2) is 5.46. The van der Waals surface area contributed by atoms with Gasteiger partial charge in [0.2, 0.25) is 10.0 Å². The zero-order valence-electron chi connectivity index (χ0n) is 11.3. The average molecular weight is 314 g/mol. The van der Waals surface area contributed by atoms with Crippen LogP contribution in [0, 0.1) is 0 Å². The molecular weight excluding hydrogens is 296 g/mol. The van der Waals surface area contributed by atoms with Crippen LogP contribution < -0.4 is 14.4 Å². The zero-order chi connectivity index (χ0) is 14.2. The summed E-state index contributed by atoms with van der Waals surface area (Å²) in [5, 5.41) is 0. The van der Waals surface area contributed by atoms with Crippen molar-refractivity contribution >= 4 is 27.5 Å². The van der Waals surface area contributed by atoms with E-state index >= 15 is 0 Å². The molecule has 0 saturated carbocycles. The third-order valence-corrected chi connectivity index (χ3v) is 6.03. The minimum Gasteiger partial charge on any atom is -0.490 e. The van der Waals surface area contributed by atoms with Gasteiger partial charge in [-0.05, 0) is 19.1 Å². The van der Waals surface area contributed by atoms with Crippen molar-refractivity contribution in [1.29, 1.82) is 0 Å². The smallest absolute Gasteiger partial charge is 0.246 e. The van der Waals surface area contributed by atoms with Gasteiger partial charge < -0.3 is 9.64 Å². The lowest BCUT2D eigenvalue weighted by Gasteiger charge is -2.30. The Morgan fingerprint density at radius 3 is 2.85 bits per heavy atom. The number of thioether (sulfide) groups is 1. The summed E-state index contributed by atoms with van der Waals surface area (Å²) in [5.74, 6) is 2.50. The van der Waals surface area contributed by atoms with Crippen molar-refractivity contribution in [2.75, 3.05) is 36.1 Å². The number of nitrogens with zero attached hydrogens (tertiary/aromatic N) is 1. The first kappa shape index (κ1) is 14.0. The molecule has 1 N–H and O–H groups in total. The van der Waals surface area contributed by atoms with Gasteiger partial charge in [0.15, 0.2) is 0 Å². The summed E-state index contributed by atoms with van der Waals surface area (Å²) < 4.78 is 33.4. The minimum atomic E-state index is -3.53. The van der Waals surface area contributed by atoms with E-state index in [4.69, 9.17) is 4.74 Å². The van der Waals surface area contributed by atoms with Crippen molar-refractivity contribution in [2.45, 2.75) is 17.9 Å². The summed E-state index contributed by atoms with van der Waals surface area (Å²) in [4.78, 5) is 2.42. The van der Waals surface area contributed by atoms with Gasteiger partial charge in [0.05, 0.1) is 11.7 Å². The predicted octanol–water partition coefficient (Wildman–Crippen LogP) is 1.30. The van der Waals surface area contributed by atoms with E-state index in [1.54, 1.807) is 13.0 Å². The third kappa shape index (κ3) is 2.62. The SMILES string of the molecule is C[C@@H]1COc2cccc(N3CCSCC3)c2S(=O)(=O)N1. The maximum Gasteiger partial charge on any atom is 0.246 e. The van der Waals surface area contributed by atoms with Crippen LogP contribution in [0.25, 0.3) is 0 Å². The number of hydrogen-bond donors (Lipinski definition) is 1. The molecule has 3 rings (SSSR count). The fourth-order valence-electron chi connectivity index (χ4n) is 2.51. The standard InChI is InChI=1S/C13H18N2O3S2/c1-10-9-18-12-4-2-3-11(13(12)20(16,17)14-10)15-5-7-19-8-6-15/h2-4,10,14H,5-9H2,1H3/t10-/m1/s1. The first-order chi connectivity index (χ1) is 9.58. The van der Waals surface area contributed by atoms with E-state index in [0.717, 1.165) is 30.3 Å². The van der Waals surface area contributed by atoms with Gasteiger partial charge in [-0.25, -0.2) is 13.1 Å². The molecule has 2 aliphatic rings. The molecule has 0 bridgehead atoms. The van der Waals surface area contributed by atoms with Crippen LogP contribution in [0.15, 0.2) is 23.1 Å². The highest BCUT2D eigenvalue weighted by atomic mass is 32.2. The van der Waals surface area contributed by atoms with E-state index in [1.807, 2.05) is 23.9 Å². The number of sulfonamides is 1. The molecule has 1 aromatic rings. The van der Waals surface area contributed by atoms with Gasteiger partial charge in [-0.1, -0.05) is 6.07 Å². The lowest BCUT2D eigenvalue weighted by Crippen LogP contribution is -2.36. The van der Waals surface area contributed by atoms with E-state index in [1.165, 1.54) is 0 Å². The number of rotatable bonds is 1. The number of nitrogens with one attached hydrogen (secondary N) is 1. The summed E-state index contributed by atoms with van der Waals surface area (Å²) in [5.41, 5.74) is 0.754. The highest BCUT2D eigenvalue weighted by molar-refractivity contribution is 7.99. The monoisotopic (exact) mass is 314 g/mol. The molecule has 0 unspecified atom stereocenters. The molecule has 0 aromatic heterocycles. The summed E-state index contributed by atoms with van der Waals surface area (Å²) in [7, 11) is -3.53. The number of fused-ring (bicyclic) bond motifs is 1. The second-order valence-corrected chi connectivity index (χ2v) is 7.91. The summed E-state index contributed by atoms with van der Waals surface area (Å²) in [6, 6.07) is 5.24. The van der Waals surface area contributed by atoms with Gasteiger partial charge in [-0.3, -0.25) is 0 Å². The maximum atomic E-state index is 12.5. The summed E-state index contributed by atoms with van der Waals surface area (Å²) in [6.07, 6.45) is 0. The molecular formula is C13H18N2O3S2. The second-order valence-electron chi connectivity index (χ2n) is 5.04. The van der Waals surface area contributed by atoms with Gasteiger partial charge in [0, 0.05) is 24.6 Å². The molecule has 0 spiro atoms. The topological polar surface area (TPSA) is 58.6 Å². The average Bonchev–Trinajstić information content (AvgIpc) is 2.56. The van der Waals surface area contributed by atoms with Gasteiger partial charge in [0.1, 0.15) is 17.3 Å². The molecule has 1 saturated heterocycles. The molecule has 1 fully saturated rings. The quantitative estimate of drug-likeness (QED) is 0.847. The van der Waals surface area contributed by atoms with Crippen LogP contribution in [0.2, 0.25) is 0 Å². The van der Waals surface area contributed by atoms with Crippen LogP contribution in [-0.2, 0) is 10.0 Å². The molecule has 110 valence electrons. The maximum absolute atomic E-state index is 12.5. The Kier molecular flexibility index (Phi) is 3.83. The lowest BCUT2D eigenvalue weighted by atomic mass is 10.2. The molecule has 7 heteroatoms. The van der Waals surface area contributed by atoms with E-state index in [0.29, 0.717) is 12.4 Å². The molecule has 0 aliphatic carbocycles. The molecule has 0 radical (unpaired) electrons. The first-order valence-electron chi connectivity index (χ1n) is 6.69. The normalized spacial score (nSPS) is 25.4. The van der Waals surface area contributed by atoms with Crippen molar-refractivity contribution in [3.8, 4) is 5.75 Å². The summed E-state index contributed by atoms with van der Waals surface area (Å²) >= 11 is 1.90. The van der Waals surface area contributed by atoms with E-state index in [2.05, 4.69) is 9.62 Å². The van der Waals surface area contributed by atoms with Crippen molar-refractivity contribution in [3.63, 3.8) is 0 Å². The van der Waals surface area contributed by atoms with Crippen LogP contribution in [-0.4, -0.2) is 45.7 Å². The Labute approximate surface area is 123 Å². The Bertz CT molecular complexity index is 598. The first-order valence-corrected chi connectivity index (χ1v) is 9.32. The van der Waals surface area contributed by atoms with E-state index < -0.39 is 10.0 Å². The van der Waals surface area contributed by atoms with Crippen molar-refractivity contribution in [1.82, 2.24) is 4.72 Å². The Hall–Kier alpha value is -0.920. The van der Waals surface area contributed by atoms with Crippen LogP contribution in [0.4, 0.5) is 5.69 Å². The number of hydrogen-bond acceptors (Lipinski definition) is 5. The largest absolute Gasteiger partial charge is 0.490 e. The van der Waals surface area contributed by atoms with Gasteiger partial charge in [-0.15, -0.1) is 0 Å². The van der Waals surface area contributed by atoms with Crippen LogP contribution in [0.3, 0.4) is 0 Å². The van der Waals surface area contributed by atoms with Gasteiger partial charge >= 0.3 is 0 Å². The zero-order valence-corrected chi connectivity index (χ0v) is 13.0. The summed E-state index contributed by atoms with van der Waals surface area (Å²) in [6.45, 7) is 3.89. The molecule has 2 heterocycles. The van der Waals surface area contributed by atoms with Crippen LogP contribution in [0.5, 0.6) is 5.75 Å². The molecule has 5 nitrogen and oxygen atoms in total. The Balaban J connectivity index is 2.09. The Morgan fingerprint density at radius 2 is 2.10 bits per heavy atom. The highest BCUT2D eigenvalue weighted by Gasteiger charge is 2.31. The molecule has 1 atom stereocenters. The molecule has 20 heavy (non-hydrogen) atoms. The van der Waals surface area contributed by atoms with Gasteiger partial charge in [0.25, 0.3) is 0 Å². The Morgan fingerprint density at radius 1 is 1.35 bits per heavy atom. The van der Waals surface area contributed by atoms with Crippen LogP contribution in [0.1, 0.15) is 6.92 Å². The van der Waals surface area contributed by atoms with E-state index in [-0.39, 0.29) is 10.9 Å². The fraction of sp³-hybridized carbons (Fsp3) is 0.538. The van der Waals surface area contributed by atoms with Crippen molar-refractivity contribution in [2.24, 2.45) is 0 Å². The molecule has 2 aliphatic heterocycles. The van der Waals surface area contributed by atoms with Gasteiger partial charge in [-0.2, -0.15) is 11.8 Å². The minimum absolute atomic E-state index is 0.225. The molecule has 0 amide bonds. The number of anilines is 1. The third-order valence-electron chi connectivity index (χ3n) is 3.42. The number of benzene rings is 1. The van der Waals surface area contributed by atoms with Crippen molar-refractivity contribution in [3.05, 3.63) is 18.2 Å². The fourth-order valence-corrected chi connectivity index (χ4v) is 5.00. The lowest BCUT2D eigenvalue weighted by molar-refractivity contribution is 0.288. The number of ether oxygens (including phenoxy) is 1. The predicted molar refractivity (Wildman–Crippen MR) is 81.3 cm³/mol. The highest BCUT2D eigenvalue weighted by Crippen LogP contribution is 2.36.